The Morgan fingerprint density at radius 1 is 1.35 bits per heavy atom. The van der Waals surface area contributed by atoms with Crippen molar-refractivity contribution in [3.05, 3.63) is 37.4 Å². The Kier molecular flexibility index (Phi) is 5.20. The van der Waals surface area contributed by atoms with Crippen molar-refractivity contribution in [1.82, 2.24) is 10.3 Å². The van der Waals surface area contributed by atoms with Crippen LogP contribution in [0.3, 0.4) is 0 Å². The Bertz CT molecular complexity index is 560. The quantitative estimate of drug-likeness (QED) is 0.871. The van der Waals surface area contributed by atoms with Crippen LogP contribution in [0.15, 0.2) is 18.3 Å². The zero-order chi connectivity index (χ0) is 14.8. The molecule has 0 saturated carbocycles. The first-order valence-electron chi connectivity index (χ1n) is 6.45. The van der Waals surface area contributed by atoms with Gasteiger partial charge in [-0.1, -0.05) is 32.4 Å². The number of nitrogens with zero attached hydrogens (tertiary/aromatic N) is 1. The van der Waals surface area contributed by atoms with Gasteiger partial charge < -0.3 is 10.4 Å². The van der Waals surface area contributed by atoms with Crippen LogP contribution < -0.4 is 5.32 Å². The Balaban J connectivity index is 1.82. The Labute approximate surface area is 132 Å². The van der Waals surface area contributed by atoms with Crippen molar-refractivity contribution in [2.45, 2.75) is 38.8 Å². The number of halogens is 1. The molecule has 1 atom stereocenters. The highest BCUT2D eigenvalue weighted by Gasteiger charge is 2.18. The molecule has 2 rings (SSSR count). The minimum absolute atomic E-state index is 0.0934. The largest absolute Gasteiger partial charge is 0.386 e. The van der Waals surface area contributed by atoms with Crippen molar-refractivity contribution < 1.29 is 5.11 Å². The average Bonchev–Trinajstić information content (AvgIpc) is 2.97. The lowest BCUT2D eigenvalue weighted by molar-refractivity contribution is 0.178. The lowest BCUT2D eigenvalue weighted by Gasteiger charge is -2.13. The van der Waals surface area contributed by atoms with E-state index in [1.54, 1.807) is 11.3 Å². The van der Waals surface area contributed by atoms with Gasteiger partial charge in [0.2, 0.25) is 0 Å². The molecule has 6 heteroatoms. The number of aliphatic hydroxyl groups is 1. The van der Waals surface area contributed by atoms with Crippen LogP contribution in [0.25, 0.3) is 0 Å². The van der Waals surface area contributed by atoms with Crippen molar-refractivity contribution in [2.24, 2.45) is 0 Å². The fourth-order valence-electron chi connectivity index (χ4n) is 1.68. The smallest absolute Gasteiger partial charge is 0.101 e. The lowest BCUT2D eigenvalue weighted by atomic mass is 9.98. The number of nitrogens with one attached hydrogen (secondary N) is 1. The zero-order valence-electron chi connectivity index (χ0n) is 11.8. The number of aliphatic hydroxyl groups excluding tert-OH is 1. The number of hydrogen-bond donors (Lipinski definition) is 2. The van der Waals surface area contributed by atoms with E-state index < -0.39 is 6.10 Å². The van der Waals surface area contributed by atoms with Crippen LogP contribution in [-0.2, 0) is 12.0 Å². The fourth-order valence-corrected chi connectivity index (χ4v) is 3.66. The van der Waals surface area contributed by atoms with E-state index in [0.717, 1.165) is 16.4 Å². The predicted molar refractivity (Wildman–Crippen MR) is 86.8 cm³/mol. The van der Waals surface area contributed by atoms with Gasteiger partial charge in [-0.2, -0.15) is 0 Å². The van der Waals surface area contributed by atoms with Crippen LogP contribution in [0.2, 0.25) is 4.34 Å². The number of hydrogen-bond acceptors (Lipinski definition) is 5. The summed E-state index contributed by atoms with van der Waals surface area (Å²) in [5, 5.41) is 14.4. The molecule has 3 nitrogen and oxygen atoms in total. The van der Waals surface area contributed by atoms with Gasteiger partial charge in [0.05, 0.1) is 9.34 Å². The summed E-state index contributed by atoms with van der Waals surface area (Å²) in [6, 6.07) is 3.67. The molecule has 110 valence electrons. The molecule has 0 amide bonds. The molecule has 2 aromatic rings. The molecule has 0 saturated heterocycles. The van der Waals surface area contributed by atoms with Crippen molar-refractivity contribution in [2.75, 3.05) is 6.54 Å². The van der Waals surface area contributed by atoms with E-state index in [0.29, 0.717) is 10.9 Å². The minimum Gasteiger partial charge on any atom is -0.386 e. The molecule has 0 radical (unpaired) electrons. The molecule has 0 bridgehead atoms. The molecule has 0 aliphatic carbocycles. The molecule has 0 aliphatic heterocycles. The third kappa shape index (κ3) is 4.27. The van der Waals surface area contributed by atoms with Crippen LogP contribution in [0.4, 0.5) is 0 Å². The molecule has 0 spiro atoms. The molecule has 0 fully saturated rings. The van der Waals surface area contributed by atoms with E-state index in [4.69, 9.17) is 11.6 Å². The highest BCUT2D eigenvalue weighted by atomic mass is 35.5. The van der Waals surface area contributed by atoms with Crippen LogP contribution in [0.1, 0.15) is 41.6 Å². The zero-order valence-corrected chi connectivity index (χ0v) is 14.2. The van der Waals surface area contributed by atoms with Crippen LogP contribution >= 0.6 is 34.3 Å². The Morgan fingerprint density at radius 2 is 2.10 bits per heavy atom. The summed E-state index contributed by atoms with van der Waals surface area (Å²) < 4.78 is 0.705. The SMILES string of the molecule is CC(C)(C)c1ncc(CNCC(O)c2ccc(Cl)s2)s1. The maximum Gasteiger partial charge on any atom is 0.101 e. The molecular weight excluding hydrogens is 312 g/mol. The van der Waals surface area contributed by atoms with Crippen molar-refractivity contribution >= 4 is 34.3 Å². The summed E-state index contributed by atoms with van der Waals surface area (Å²) >= 11 is 8.99. The number of thiophene rings is 1. The molecule has 20 heavy (non-hydrogen) atoms. The first-order valence-corrected chi connectivity index (χ1v) is 8.46. The summed E-state index contributed by atoms with van der Waals surface area (Å²) in [7, 11) is 0. The van der Waals surface area contributed by atoms with Crippen molar-refractivity contribution in [3.63, 3.8) is 0 Å². The molecule has 2 heterocycles. The summed E-state index contributed by atoms with van der Waals surface area (Å²) in [5.74, 6) is 0. The van der Waals surface area contributed by atoms with E-state index in [1.807, 2.05) is 18.3 Å². The average molecular weight is 331 g/mol. The van der Waals surface area contributed by atoms with Gasteiger partial charge in [0, 0.05) is 34.5 Å². The molecule has 0 aromatic carbocycles. The van der Waals surface area contributed by atoms with E-state index >= 15 is 0 Å². The summed E-state index contributed by atoms with van der Waals surface area (Å²) in [6.07, 6.45) is 1.40. The van der Waals surface area contributed by atoms with Gasteiger partial charge in [-0.3, -0.25) is 0 Å². The summed E-state index contributed by atoms with van der Waals surface area (Å²) in [4.78, 5) is 6.52. The maximum atomic E-state index is 10.0. The fraction of sp³-hybridized carbons (Fsp3) is 0.500. The second-order valence-corrected chi connectivity index (χ2v) is 8.53. The third-order valence-electron chi connectivity index (χ3n) is 2.75. The summed E-state index contributed by atoms with van der Waals surface area (Å²) in [6.45, 7) is 7.72. The topological polar surface area (TPSA) is 45.2 Å². The van der Waals surface area contributed by atoms with Crippen LogP contribution in [0.5, 0.6) is 0 Å². The highest BCUT2D eigenvalue weighted by Crippen LogP contribution is 2.28. The second-order valence-electron chi connectivity index (χ2n) is 5.67. The number of thiazole rings is 1. The van der Waals surface area contributed by atoms with E-state index in [9.17, 15) is 5.11 Å². The van der Waals surface area contributed by atoms with Gasteiger partial charge in [0.25, 0.3) is 0 Å². The molecule has 1 unspecified atom stereocenters. The van der Waals surface area contributed by atoms with Crippen molar-refractivity contribution in [3.8, 4) is 0 Å². The second kappa shape index (κ2) is 6.54. The Hall–Kier alpha value is -0.460. The normalized spacial score (nSPS) is 13.7. The number of aromatic nitrogens is 1. The minimum atomic E-state index is -0.512. The van der Waals surface area contributed by atoms with E-state index in [1.165, 1.54) is 16.2 Å². The van der Waals surface area contributed by atoms with Crippen LogP contribution in [0, 0.1) is 0 Å². The molecule has 2 aromatic heterocycles. The monoisotopic (exact) mass is 330 g/mol. The van der Waals surface area contributed by atoms with Gasteiger partial charge in [-0.05, 0) is 12.1 Å². The Morgan fingerprint density at radius 3 is 2.65 bits per heavy atom. The van der Waals surface area contributed by atoms with Gasteiger partial charge in [-0.15, -0.1) is 22.7 Å². The predicted octanol–water partition coefficient (Wildman–Crippen LogP) is 3.98. The molecule has 2 N–H and O–H groups in total. The lowest BCUT2D eigenvalue weighted by Crippen LogP contribution is -2.20. The summed E-state index contributed by atoms with van der Waals surface area (Å²) in [5.41, 5.74) is 0.0934. The first-order chi connectivity index (χ1) is 9.36. The number of rotatable bonds is 5. The van der Waals surface area contributed by atoms with Gasteiger partial charge in [0.15, 0.2) is 0 Å². The first kappa shape index (κ1) is 15.9. The standard InChI is InChI=1S/C14H19ClN2OS2/c1-14(2,3)13-17-7-9(19-13)6-16-8-10(18)11-4-5-12(15)20-11/h4-5,7,10,16,18H,6,8H2,1-3H3. The van der Waals surface area contributed by atoms with Crippen LogP contribution in [-0.4, -0.2) is 16.6 Å². The molecular formula is C14H19ClN2OS2. The third-order valence-corrected chi connectivity index (χ3v) is 5.51. The van der Waals surface area contributed by atoms with E-state index in [2.05, 4.69) is 31.1 Å². The maximum absolute atomic E-state index is 10.0. The van der Waals surface area contributed by atoms with Gasteiger partial charge in [-0.25, -0.2) is 4.98 Å². The van der Waals surface area contributed by atoms with Crippen molar-refractivity contribution in [1.29, 1.82) is 0 Å². The van der Waals surface area contributed by atoms with E-state index in [-0.39, 0.29) is 5.41 Å². The van der Waals surface area contributed by atoms with Gasteiger partial charge in [0.1, 0.15) is 6.10 Å². The van der Waals surface area contributed by atoms with Gasteiger partial charge >= 0.3 is 0 Å². The molecule has 0 aliphatic rings. The highest BCUT2D eigenvalue weighted by molar-refractivity contribution is 7.16.